The Hall–Kier alpha value is -1.03. The molecule has 0 saturated carbocycles. The van der Waals surface area contributed by atoms with Crippen molar-refractivity contribution in [3.8, 4) is 0 Å². The van der Waals surface area contributed by atoms with Gasteiger partial charge in [0.05, 0.1) is 6.61 Å². The Morgan fingerprint density at radius 3 is 2.41 bits per heavy atom. The maximum atomic E-state index is 11.8. The normalized spacial score (nSPS) is 12.3. The minimum atomic E-state index is -0.309. The van der Waals surface area contributed by atoms with Crippen LogP contribution in [0.1, 0.15) is 20.8 Å². The van der Waals surface area contributed by atoms with E-state index in [1.807, 2.05) is 45.0 Å². The number of carbonyl (C=O) groups excluding carboxylic acids is 1. The van der Waals surface area contributed by atoms with Gasteiger partial charge in [-0.25, -0.2) is 4.79 Å². The highest BCUT2D eigenvalue weighted by molar-refractivity contribution is 9.10. The van der Waals surface area contributed by atoms with E-state index in [0.29, 0.717) is 6.61 Å². The monoisotopic (exact) mass is 299 g/mol. The highest BCUT2D eigenvalue weighted by Gasteiger charge is 2.23. The Morgan fingerprint density at radius 1 is 1.35 bits per heavy atom. The highest BCUT2D eigenvalue weighted by atomic mass is 79.9. The molecule has 0 bridgehead atoms. The van der Waals surface area contributed by atoms with Crippen LogP contribution < -0.4 is 5.32 Å². The Morgan fingerprint density at radius 2 is 1.94 bits per heavy atom. The minimum absolute atomic E-state index is 0.178. The number of rotatable bonds is 5. The van der Waals surface area contributed by atoms with Crippen LogP contribution in [0.4, 0.5) is 5.69 Å². The lowest BCUT2D eigenvalue weighted by molar-refractivity contribution is -0.145. The largest absolute Gasteiger partial charge is 0.464 e. The predicted molar refractivity (Wildman–Crippen MR) is 73.0 cm³/mol. The SMILES string of the molecule is CCOC(=O)C(Nc1ccc(Br)cc1)C(C)C. The van der Waals surface area contributed by atoms with Gasteiger partial charge in [-0.15, -0.1) is 0 Å². The fraction of sp³-hybridized carbons (Fsp3) is 0.462. The molecule has 1 aromatic rings. The van der Waals surface area contributed by atoms with Crippen molar-refractivity contribution < 1.29 is 9.53 Å². The molecule has 0 heterocycles. The molecule has 94 valence electrons. The molecule has 3 nitrogen and oxygen atoms in total. The van der Waals surface area contributed by atoms with Crippen LogP contribution in [0.25, 0.3) is 0 Å². The summed E-state index contributed by atoms with van der Waals surface area (Å²) in [5.41, 5.74) is 0.917. The van der Waals surface area contributed by atoms with Gasteiger partial charge in [-0.3, -0.25) is 0 Å². The molecule has 0 aliphatic heterocycles. The van der Waals surface area contributed by atoms with Gasteiger partial charge in [-0.05, 0) is 37.1 Å². The molecule has 0 aliphatic carbocycles. The van der Waals surface area contributed by atoms with Crippen molar-refractivity contribution in [2.75, 3.05) is 11.9 Å². The first-order chi connectivity index (χ1) is 8.04. The molecular formula is C13H18BrNO2. The van der Waals surface area contributed by atoms with Gasteiger partial charge in [0, 0.05) is 10.2 Å². The number of carbonyl (C=O) groups is 1. The molecule has 1 atom stereocenters. The summed E-state index contributed by atoms with van der Waals surface area (Å²) >= 11 is 3.37. The summed E-state index contributed by atoms with van der Waals surface area (Å²) in [6, 6.07) is 7.42. The van der Waals surface area contributed by atoms with E-state index < -0.39 is 0 Å². The van der Waals surface area contributed by atoms with Gasteiger partial charge in [0.15, 0.2) is 0 Å². The van der Waals surface area contributed by atoms with Crippen molar-refractivity contribution >= 4 is 27.6 Å². The lowest BCUT2D eigenvalue weighted by Gasteiger charge is -2.21. The molecule has 4 heteroatoms. The average Bonchev–Trinajstić information content (AvgIpc) is 2.28. The van der Waals surface area contributed by atoms with Crippen LogP contribution in [0.5, 0.6) is 0 Å². The van der Waals surface area contributed by atoms with E-state index in [9.17, 15) is 4.79 Å². The summed E-state index contributed by atoms with van der Waals surface area (Å²) in [7, 11) is 0. The van der Waals surface area contributed by atoms with Crippen molar-refractivity contribution in [2.45, 2.75) is 26.8 Å². The zero-order chi connectivity index (χ0) is 12.8. The van der Waals surface area contributed by atoms with Crippen LogP contribution >= 0.6 is 15.9 Å². The number of hydrogen-bond donors (Lipinski definition) is 1. The van der Waals surface area contributed by atoms with E-state index >= 15 is 0 Å². The molecule has 0 aromatic heterocycles. The van der Waals surface area contributed by atoms with Gasteiger partial charge in [-0.1, -0.05) is 29.8 Å². The fourth-order valence-electron chi connectivity index (χ4n) is 1.46. The summed E-state index contributed by atoms with van der Waals surface area (Å²) in [6.45, 7) is 6.21. The fourth-order valence-corrected chi connectivity index (χ4v) is 1.72. The Labute approximate surface area is 111 Å². The molecule has 1 rings (SSSR count). The molecule has 1 aromatic carbocycles. The van der Waals surface area contributed by atoms with Crippen LogP contribution in [-0.2, 0) is 9.53 Å². The number of hydrogen-bond acceptors (Lipinski definition) is 3. The van der Waals surface area contributed by atoms with E-state index in [-0.39, 0.29) is 17.9 Å². The first-order valence-corrected chi connectivity index (χ1v) is 6.52. The van der Waals surface area contributed by atoms with Crippen molar-refractivity contribution in [3.05, 3.63) is 28.7 Å². The maximum Gasteiger partial charge on any atom is 0.328 e. The lowest BCUT2D eigenvalue weighted by Crippen LogP contribution is -2.36. The summed E-state index contributed by atoms with van der Waals surface area (Å²) in [5, 5.41) is 3.19. The lowest BCUT2D eigenvalue weighted by atomic mass is 10.0. The molecule has 1 unspecified atom stereocenters. The Balaban J connectivity index is 2.73. The molecule has 0 amide bonds. The van der Waals surface area contributed by atoms with Gasteiger partial charge in [0.2, 0.25) is 0 Å². The molecule has 0 spiro atoms. The summed E-state index contributed by atoms with van der Waals surface area (Å²) in [4.78, 5) is 11.8. The molecule has 0 radical (unpaired) electrons. The van der Waals surface area contributed by atoms with Gasteiger partial charge in [-0.2, -0.15) is 0 Å². The predicted octanol–water partition coefficient (Wildman–Crippen LogP) is 3.45. The van der Waals surface area contributed by atoms with Crippen LogP contribution in [-0.4, -0.2) is 18.6 Å². The van der Waals surface area contributed by atoms with E-state index in [2.05, 4.69) is 21.2 Å². The molecular weight excluding hydrogens is 282 g/mol. The third-order valence-corrected chi connectivity index (χ3v) is 2.90. The van der Waals surface area contributed by atoms with E-state index in [0.717, 1.165) is 10.2 Å². The van der Waals surface area contributed by atoms with Crippen molar-refractivity contribution in [2.24, 2.45) is 5.92 Å². The molecule has 17 heavy (non-hydrogen) atoms. The van der Waals surface area contributed by atoms with Crippen LogP contribution in [0, 0.1) is 5.92 Å². The molecule has 0 saturated heterocycles. The van der Waals surface area contributed by atoms with E-state index in [4.69, 9.17) is 4.74 Å². The average molecular weight is 300 g/mol. The van der Waals surface area contributed by atoms with Gasteiger partial charge >= 0.3 is 5.97 Å². The van der Waals surface area contributed by atoms with Crippen LogP contribution in [0.3, 0.4) is 0 Å². The molecule has 0 fully saturated rings. The van der Waals surface area contributed by atoms with Crippen molar-refractivity contribution in [1.82, 2.24) is 0 Å². The zero-order valence-corrected chi connectivity index (χ0v) is 12.0. The van der Waals surface area contributed by atoms with Crippen molar-refractivity contribution in [1.29, 1.82) is 0 Å². The first kappa shape index (κ1) is 14.0. The third kappa shape index (κ3) is 4.38. The van der Waals surface area contributed by atoms with Gasteiger partial charge in [0.1, 0.15) is 6.04 Å². The van der Waals surface area contributed by atoms with Gasteiger partial charge in [0.25, 0.3) is 0 Å². The summed E-state index contributed by atoms with van der Waals surface area (Å²) < 4.78 is 6.06. The number of anilines is 1. The first-order valence-electron chi connectivity index (χ1n) is 5.73. The Kier molecular flexibility index (Phi) is 5.48. The highest BCUT2D eigenvalue weighted by Crippen LogP contribution is 2.17. The number of ether oxygens (including phenoxy) is 1. The quantitative estimate of drug-likeness (QED) is 0.846. The number of benzene rings is 1. The maximum absolute atomic E-state index is 11.8. The zero-order valence-electron chi connectivity index (χ0n) is 10.4. The smallest absolute Gasteiger partial charge is 0.328 e. The topological polar surface area (TPSA) is 38.3 Å². The standard InChI is InChI=1S/C13H18BrNO2/c1-4-17-13(16)12(9(2)3)15-11-7-5-10(14)6-8-11/h5-9,12,15H,4H2,1-3H3. The minimum Gasteiger partial charge on any atom is -0.464 e. The van der Waals surface area contributed by atoms with E-state index in [1.54, 1.807) is 0 Å². The van der Waals surface area contributed by atoms with E-state index in [1.165, 1.54) is 0 Å². The summed E-state index contributed by atoms with van der Waals surface area (Å²) in [6.07, 6.45) is 0. The Bertz CT molecular complexity index is 362. The number of halogens is 1. The number of esters is 1. The van der Waals surface area contributed by atoms with Crippen LogP contribution in [0.15, 0.2) is 28.7 Å². The second-order valence-corrected chi connectivity index (χ2v) is 5.04. The second-order valence-electron chi connectivity index (χ2n) is 4.12. The number of nitrogens with one attached hydrogen (secondary N) is 1. The molecule has 0 aliphatic rings. The van der Waals surface area contributed by atoms with Crippen LogP contribution in [0.2, 0.25) is 0 Å². The summed E-state index contributed by atoms with van der Waals surface area (Å²) in [5.74, 6) is -0.0249. The van der Waals surface area contributed by atoms with Crippen molar-refractivity contribution in [3.63, 3.8) is 0 Å². The third-order valence-electron chi connectivity index (χ3n) is 2.37. The van der Waals surface area contributed by atoms with Gasteiger partial charge < -0.3 is 10.1 Å². The second kappa shape index (κ2) is 6.64. The molecule has 1 N–H and O–H groups in total.